The van der Waals surface area contributed by atoms with Gasteiger partial charge in [0.25, 0.3) is 15.9 Å². The molecule has 28 heavy (non-hydrogen) atoms. The molecule has 0 unspecified atom stereocenters. The molecule has 0 radical (unpaired) electrons. The predicted octanol–water partition coefficient (Wildman–Crippen LogP) is -1.61. The molecule has 12 heteroatoms. The number of carbonyl (C=O) groups is 1. The van der Waals surface area contributed by atoms with E-state index >= 15 is 0 Å². The summed E-state index contributed by atoms with van der Waals surface area (Å²) in [6, 6.07) is 5.65. The van der Waals surface area contributed by atoms with Gasteiger partial charge in [0.2, 0.25) is 0 Å². The van der Waals surface area contributed by atoms with Gasteiger partial charge in [0, 0.05) is 0 Å². The number of aliphatic hydroxyl groups is 3. The second kappa shape index (κ2) is 7.14. The monoisotopic (exact) mass is 413 g/mol. The minimum Gasteiger partial charge on any atom is -0.504 e. The molecule has 3 rings (SSSR count). The molecule has 0 spiro atoms. The van der Waals surface area contributed by atoms with E-state index in [0.29, 0.717) is 0 Å². The number of hydrogen-bond donors (Lipinski definition) is 5. The number of carbonyl (C=O) groups excluding carboxylic acids is 1. The highest BCUT2D eigenvalue weighted by Crippen LogP contribution is 2.39. The summed E-state index contributed by atoms with van der Waals surface area (Å²) in [6.07, 6.45) is -5.81. The molecular formula is C16H19N3O8S. The van der Waals surface area contributed by atoms with Crippen LogP contribution in [0.4, 0.5) is 0 Å². The van der Waals surface area contributed by atoms with Gasteiger partial charge in [-0.05, 0) is 19.1 Å². The Morgan fingerprint density at radius 2 is 1.86 bits per heavy atom. The number of amides is 1. The van der Waals surface area contributed by atoms with E-state index in [1.54, 1.807) is 6.92 Å². The van der Waals surface area contributed by atoms with E-state index in [-0.39, 0.29) is 8.98 Å². The first-order valence-corrected chi connectivity index (χ1v) is 9.60. The van der Waals surface area contributed by atoms with Gasteiger partial charge in [0.05, 0.1) is 11.5 Å². The van der Waals surface area contributed by atoms with Crippen molar-refractivity contribution in [3.8, 4) is 5.75 Å². The summed E-state index contributed by atoms with van der Waals surface area (Å²) in [5.41, 5.74) is 4.69. The van der Waals surface area contributed by atoms with Gasteiger partial charge >= 0.3 is 0 Å². The topological polar surface area (TPSA) is 185 Å². The third-order valence-electron chi connectivity index (χ3n) is 4.45. The van der Waals surface area contributed by atoms with Gasteiger partial charge in [-0.15, -0.1) is 4.09 Å². The largest absolute Gasteiger partial charge is 0.504 e. The van der Waals surface area contributed by atoms with E-state index in [4.69, 9.17) is 10.5 Å². The van der Waals surface area contributed by atoms with E-state index in [1.807, 2.05) is 0 Å². The lowest BCUT2D eigenvalue weighted by atomic mass is 10.1. The number of ether oxygens (including phenoxy) is 1. The third kappa shape index (κ3) is 3.14. The third-order valence-corrected chi connectivity index (χ3v) is 6.04. The highest BCUT2D eigenvalue weighted by Gasteiger charge is 2.47. The van der Waals surface area contributed by atoms with E-state index in [1.165, 1.54) is 24.3 Å². The molecule has 2 heterocycles. The normalized spacial score (nSPS) is 25.1. The second-order valence-corrected chi connectivity index (χ2v) is 8.13. The number of rotatable bonds is 5. The number of aromatic nitrogens is 2. The molecular weight excluding hydrogens is 394 g/mol. The van der Waals surface area contributed by atoms with Crippen LogP contribution in [0.15, 0.2) is 29.2 Å². The molecule has 1 aromatic heterocycles. The standard InChI is InChI=1S/C16H19N3O8S/c1-7-2-4-8(5-3-7)28(25,26)19-11(16(17)24)13(22)10(18-19)15-14(23)12(21)9(6-20)27-15/h2-5,9,12,14-15,20-23H,6H2,1H3,(H2,17,24)/t9-,12+,14-,15-/m0/s1. The molecule has 11 nitrogen and oxygen atoms in total. The van der Waals surface area contributed by atoms with Gasteiger partial charge in [-0.3, -0.25) is 4.79 Å². The van der Waals surface area contributed by atoms with Gasteiger partial charge in [-0.25, -0.2) is 0 Å². The maximum atomic E-state index is 12.9. The Kier molecular flexibility index (Phi) is 5.16. The Balaban J connectivity index is 2.15. The van der Waals surface area contributed by atoms with Crippen LogP contribution in [-0.4, -0.2) is 68.9 Å². The maximum absolute atomic E-state index is 12.9. The minimum absolute atomic E-state index is 0.212. The molecule has 1 aliphatic rings. The Hall–Kier alpha value is -2.51. The predicted molar refractivity (Wildman–Crippen MR) is 92.9 cm³/mol. The van der Waals surface area contributed by atoms with Crippen LogP contribution in [0.1, 0.15) is 27.8 Å². The first kappa shape index (κ1) is 20.2. The number of hydrogen-bond acceptors (Lipinski definition) is 9. The van der Waals surface area contributed by atoms with E-state index < -0.39 is 64.1 Å². The van der Waals surface area contributed by atoms with Crippen LogP contribution < -0.4 is 5.73 Å². The zero-order valence-electron chi connectivity index (χ0n) is 14.6. The second-order valence-electron chi connectivity index (χ2n) is 6.37. The molecule has 6 N–H and O–H groups in total. The van der Waals surface area contributed by atoms with Gasteiger partial charge in [-0.2, -0.15) is 13.5 Å². The summed E-state index contributed by atoms with van der Waals surface area (Å²) in [5.74, 6) is -2.18. The SMILES string of the molecule is Cc1ccc(S(=O)(=O)n2nc([C@@H]3O[C@@H](CO)[C@@H](O)[C@@H]3O)c(O)c2C(N)=O)cc1. The van der Waals surface area contributed by atoms with E-state index in [2.05, 4.69) is 5.10 Å². The molecule has 2 aromatic rings. The summed E-state index contributed by atoms with van der Waals surface area (Å²) >= 11 is 0. The van der Waals surface area contributed by atoms with Crippen LogP contribution in [0.25, 0.3) is 0 Å². The van der Waals surface area contributed by atoms with Crippen LogP contribution in [-0.2, 0) is 14.8 Å². The number of benzene rings is 1. The van der Waals surface area contributed by atoms with Crippen LogP contribution in [0.5, 0.6) is 5.75 Å². The lowest BCUT2D eigenvalue weighted by Gasteiger charge is -2.12. The molecule has 1 fully saturated rings. The molecule has 0 aliphatic carbocycles. The van der Waals surface area contributed by atoms with Crippen molar-refractivity contribution < 1.29 is 38.4 Å². The highest BCUT2D eigenvalue weighted by atomic mass is 32.2. The summed E-state index contributed by atoms with van der Waals surface area (Å²) in [4.78, 5) is 11.6. The van der Waals surface area contributed by atoms with Crippen molar-refractivity contribution in [3.05, 3.63) is 41.2 Å². The van der Waals surface area contributed by atoms with Crippen LogP contribution in [0.2, 0.25) is 0 Å². The summed E-state index contributed by atoms with van der Waals surface area (Å²) < 4.78 is 31.3. The van der Waals surface area contributed by atoms with Crippen molar-refractivity contribution in [3.63, 3.8) is 0 Å². The molecule has 0 saturated carbocycles. The highest BCUT2D eigenvalue weighted by molar-refractivity contribution is 7.90. The number of nitrogens with two attached hydrogens (primary N) is 1. The summed E-state index contributed by atoms with van der Waals surface area (Å²) in [6.45, 7) is 1.12. The average molecular weight is 413 g/mol. The number of aromatic hydroxyl groups is 1. The maximum Gasteiger partial charge on any atom is 0.283 e. The summed E-state index contributed by atoms with van der Waals surface area (Å²) in [5, 5.41) is 43.3. The zero-order chi connectivity index (χ0) is 20.8. The Bertz CT molecular complexity index is 1000. The molecule has 1 saturated heterocycles. The van der Waals surface area contributed by atoms with E-state index in [0.717, 1.165) is 5.56 Å². The van der Waals surface area contributed by atoms with Crippen molar-refractivity contribution in [2.75, 3.05) is 6.61 Å². The number of aryl methyl sites for hydroxylation is 1. The fourth-order valence-corrected chi connectivity index (χ4v) is 4.21. The quantitative estimate of drug-likeness (QED) is 0.384. The fraction of sp³-hybridized carbons (Fsp3) is 0.375. The van der Waals surface area contributed by atoms with Crippen LogP contribution in [0, 0.1) is 6.92 Å². The van der Waals surface area contributed by atoms with Crippen molar-refractivity contribution in [1.29, 1.82) is 0 Å². The molecule has 1 aromatic carbocycles. The van der Waals surface area contributed by atoms with Crippen molar-refractivity contribution >= 4 is 15.9 Å². The number of primary amides is 1. The van der Waals surface area contributed by atoms with Gasteiger partial charge in [-0.1, -0.05) is 17.7 Å². The molecule has 4 atom stereocenters. The number of aliphatic hydroxyl groups excluding tert-OH is 3. The molecule has 1 aliphatic heterocycles. The van der Waals surface area contributed by atoms with Crippen molar-refractivity contribution in [2.45, 2.75) is 36.2 Å². The first-order chi connectivity index (χ1) is 13.1. The molecule has 152 valence electrons. The molecule has 1 amide bonds. The Morgan fingerprint density at radius 1 is 1.25 bits per heavy atom. The van der Waals surface area contributed by atoms with Crippen molar-refractivity contribution in [1.82, 2.24) is 9.19 Å². The first-order valence-electron chi connectivity index (χ1n) is 8.16. The zero-order valence-corrected chi connectivity index (χ0v) is 15.4. The lowest BCUT2D eigenvalue weighted by Crippen LogP contribution is -2.32. The van der Waals surface area contributed by atoms with Crippen LogP contribution in [0.3, 0.4) is 0 Å². The lowest BCUT2D eigenvalue weighted by molar-refractivity contribution is -0.0245. The Labute approximate surface area is 159 Å². The van der Waals surface area contributed by atoms with Gasteiger partial charge in [0.1, 0.15) is 30.1 Å². The smallest absolute Gasteiger partial charge is 0.283 e. The van der Waals surface area contributed by atoms with Crippen molar-refractivity contribution in [2.24, 2.45) is 5.73 Å². The molecule has 0 bridgehead atoms. The number of nitrogens with zero attached hydrogens (tertiary/aromatic N) is 2. The van der Waals surface area contributed by atoms with Gasteiger partial charge < -0.3 is 30.9 Å². The van der Waals surface area contributed by atoms with Crippen LogP contribution >= 0.6 is 0 Å². The summed E-state index contributed by atoms with van der Waals surface area (Å²) in [7, 11) is -4.42. The van der Waals surface area contributed by atoms with Gasteiger partial charge in [0.15, 0.2) is 11.4 Å². The van der Waals surface area contributed by atoms with E-state index in [9.17, 15) is 33.6 Å². The Morgan fingerprint density at radius 3 is 2.36 bits per heavy atom. The average Bonchev–Trinajstić information content (AvgIpc) is 3.13. The fourth-order valence-electron chi connectivity index (χ4n) is 2.92. The minimum atomic E-state index is -4.42.